The third-order valence-corrected chi connectivity index (χ3v) is 4.66. The van der Waals surface area contributed by atoms with Gasteiger partial charge in [0.2, 0.25) is 5.91 Å². The summed E-state index contributed by atoms with van der Waals surface area (Å²) in [5, 5.41) is 2.81. The topological polar surface area (TPSA) is 49.4 Å². The lowest BCUT2D eigenvalue weighted by molar-refractivity contribution is -0.117. The standard InChI is InChI=1S/C16H17BrN2O2S/c1-11(20)13-5-3-4-6-14(13)18-16(21)10-19(2)9-12-7-8-15(17)22-12/h3-8H,9-10H2,1-2H3,(H,18,21). The molecule has 1 heterocycles. The minimum Gasteiger partial charge on any atom is -0.324 e. The first-order chi connectivity index (χ1) is 10.5. The zero-order valence-electron chi connectivity index (χ0n) is 12.4. The Bertz CT molecular complexity index is 684. The highest BCUT2D eigenvalue weighted by molar-refractivity contribution is 9.11. The molecule has 0 saturated carbocycles. The van der Waals surface area contributed by atoms with Gasteiger partial charge in [0.1, 0.15) is 0 Å². The first kappa shape index (κ1) is 16.9. The van der Waals surface area contributed by atoms with E-state index in [-0.39, 0.29) is 18.2 Å². The molecule has 0 bridgehead atoms. The summed E-state index contributed by atoms with van der Waals surface area (Å²) >= 11 is 5.08. The second-order valence-electron chi connectivity index (χ2n) is 5.03. The van der Waals surface area contributed by atoms with E-state index < -0.39 is 0 Å². The zero-order valence-corrected chi connectivity index (χ0v) is 14.8. The van der Waals surface area contributed by atoms with E-state index in [0.717, 1.165) is 3.79 Å². The molecule has 22 heavy (non-hydrogen) atoms. The molecule has 0 aliphatic heterocycles. The summed E-state index contributed by atoms with van der Waals surface area (Å²) in [6.07, 6.45) is 0. The molecule has 2 rings (SSSR count). The molecule has 4 nitrogen and oxygen atoms in total. The van der Waals surface area contributed by atoms with Crippen molar-refractivity contribution in [1.82, 2.24) is 4.90 Å². The minimum atomic E-state index is -0.133. The molecule has 0 spiro atoms. The Kier molecular flexibility index (Phi) is 5.88. The number of para-hydroxylation sites is 1. The van der Waals surface area contributed by atoms with Crippen LogP contribution in [0.15, 0.2) is 40.2 Å². The van der Waals surface area contributed by atoms with Crippen LogP contribution in [0.2, 0.25) is 0 Å². The molecule has 0 atom stereocenters. The second kappa shape index (κ2) is 7.67. The number of anilines is 1. The van der Waals surface area contributed by atoms with E-state index in [1.165, 1.54) is 11.8 Å². The second-order valence-corrected chi connectivity index (χ2v) is 7.58. The maximum absolute atomic E-state index is 12.1. The lowest BCUT2D eigenvalue weighted by atomic mass is 10.1. The zero-order chi connectivity index (χ0) is 16.1. The number of carbonyl (C=O) groups excluding carboxylic acids is 2. The van der Waals surface area contributed by atoms with Gasteiger partial charge in [0.25, 0.3) is 0 Å². The van der Waals surface area contributed by atoms with Gasteiger partial charge in [0, 0.05) is 17.0 Å². The van der Waals surface area contributed by atoms with Crippen molar-refractivity contribution in [2.24, 2.45) is 0 Å². The van der Waals surface area contributed by atoms with E-state index >= 15 is 0 Å². The summed E-state index contributed by atoms with van der Waals surface area (Å²) in [7, 11) is 1.89. The number of Topliss-reactive ketones (excluding diaryl/α,β-unsaturated/α-hetero) is 1. The number of rotatable bonds is 6. The van der Waals surface area contributed by atoms with E-state index in [0.29, 0.717) is 17.8 Å². The van der Waals surface area contributed by atoms with Gasteiger partial charge in [-0.25, -0.2) is 0 Å². The van der Waals surface area contributed by atoms with Gasteiger partial charge in [0.15, 0.2) is 5.78 Å². The first-order valence-electron chi connectivity index (χ1n) is 6.78. The van der Waals surface area contributed by atoms with Crippen LogP contribution in [-0.4, -0.2) is 30.2 Å². The highest BCUT2D eigenvalue weighted by atomic mass is 79.9. The quantitative estimate of drug-likeness (QED) is 0.775. The largest absolute Gasteiger partial charge is 0.324 e. The minimum absolute atomic E-state index is 0.0623. The maximum Gasteiger partial charge on any atom is 0.238 e. The fourth-order valence-corrected chi connectivity index (χ4v) is 3.66. The molecule has 0 unspecified atom stereocenters. The summed E-state index contributed by atoms with van der Waals surface area (Å²) in [6, 6.07) is 11.1. The molecular weight excluding hydrogens is 364 g/mol. The van der Waals surface area contributed by atoms with Crippen LogP contribution >= 0.6 is 27.3 Å². The van der Waals surface area contributed by atoms with Crippen molar-refractivity contribution in [3.63, 3.8) is 0 Å². The number of hydrogen-bond donors (Lipinski definition) is 1. The van der Waals surface area contributed by atoms with Crippen LogP contribution in [-0.2, 0) is 11.3 Å². The Hall–Kier alpha value is -1.50. The van der Waals surface area contributed by atoms with Gasteiger partial charge >= 0.3 is 0 Å². The van der Waals surface area contributed by atoms with Gasteiger partial charge < -0.3 is 5.32 Å². The molecule has 0 aliphatic rings. The van der Waals surface area contributed by atoms with Gasteiger partial charge in [0.05, 0.1) is 16.0 Å². The average Bonchev–Trinajstić information content (AvgIpc) is 2.83. The maximum atomic E-state index is 12.1. The van der Waals surface area contributed by atoms with Crippen LogP contribution in [0.1, 0.15) is 22.2 Å². The number of hydrogen-bond acceptors (Lipinski definition) is 4. The first-order valence-corrected chi connectivity index (χ1v) is 8.39. The number of carbonyl (C=O) groups is 2. The Balaban J connectivity index is 1.94. The average molecular weight is 381 g/mol. The Morgan fingerprint density at radius 3 is 2.59 bits per heavy atom. The molecule has 0 aliphatic carbocycles. The number of nitrogens with one attached hydrogen (secondary N) is 1. The lowest BCUT2D eigenvalue weighted by Gasteiger charge is -2.16. The van der Waals surface area contributed by atoms with Crippen LogP contribution in [0, 0.1) is 0 Å². The molecule has 1 N–H and O–H groups in total. The number of ketones is 1. The summed E-state index contributed by atoms with van der Waals surface area (Å²) in [5.74, 6) is -0.195. The van der Waals surface area contributed by atoms with Crippen molar-refractivity contribution in [2.45, 2.75) is 13.5 Å². The van der Waals surface area contributed by atoms with Crippen LogP contribution in [0.3, 0.4) is 0 Å². The summed E-state index contributed by atoms with van der Waals surface area (Å²) < 4.78 is 1.08. The van der Waals surface area contributed by atoms with Gasteiger partial charge in [-0.1, -0.05) is 12.1 Å². The predicted octanol–water partition coefficient (Wildman–Crippen LogP) is 3.78. The van der Waals surface area contributed by atoms with Crippen LogP contribution < -0.4 is 5.32 Å². The van der Waals surface area contributed by atoms with Crippen molar-refractivity contribution in [1.29, 1.82) is 0 Å². The third-order valence-electron chi connectivity index (χ3n) is 3.05. The molecule has 1 aromatic carbocycles. The van der Waals surface area contributed by atoms with Crippen molar-refractivity contribution in [3.8, 4) is 0 Å². The summed E-state index contributed by atoms with van der Waals surface area (Å²) in [4.78, 5) is 26.8. The predicted molar refractivity (Wildman–Crippen MR) is 93.4 cm³/mol. The Morgan fingerprint density at radius 1 is 1.23 bits per heavy atom. The molecule has 1 amide bonds. The molecule has 2 aromatic rings. The molecule has 6 heteroatoms. The fraction of sp³-hybridized carbons (Fsp3) is 0.250. The smallest absolute Gasteiger partial charge is 0.238 e. The number of thiophene rings is 1. The number of halogens is 1. The Morgan fingerprint density at radius 2 is 1.95 bits per heavy atom. The number of benzene rings is 1. The highest BCUT2D eigenvalue weighted by Gasteiger charge is 2.12. The highest BCUT2D eigenvalue weighted by Crippen LogP contribution is 2.23. The Labute approximate surface area is 142 Å². The SMILES string of the molecule is CC(=O)c1ccccc1NC(=O)CN(C)Cc1ccc(Br)s1. The summed E-state index contributed by atoms with van der Waals surface area (Å²) in [5.41, 5.74) is 1.09. The molecule has 0 saturated heterocycles. The van der Waals surface area contributed by atoms with E-state index in [1.807, 2.05) is 24.1 Å². The number of amides is 1. The van der Waals surface area contributed by atoms with Crippen LogP contribution in [0.4, 0.5) is 5.69 Å². The van der Waals surface area contributed by atoms with Crippen LogP contribution in [0.5, 0.6) is 0 Å². The normalized spacial score (nSPS) is 10.7. The van der Waals surface area contributed by atoms with Gasteiger partial charge in [-0.3, -0.25) is 14.5 Å². The van der Waals surface area contributed by atoms with E-state index in [4.69, 9.17) is 0 Å². The summed E-state index contributed by atoms with van der Waals surface area (Å²) in [6.45, 7) is 2.46. The van der Waals surface area contributed by atoms with Crippen molar-refractivity contribution in [2.75, 3.05) is 18.9 Å². The molecular formula is C16H17BrN2O2S. The van der Waals surface area contributed by atoms with Gasteiger partial charge in [-0.2, -0.15) is 0 Å². The van der Waals surface area contributed by atoms with E-state index in [2.05, 4.69) is 21.2 Å². The molecule has 0 fully saturated rings. The molecule has 0 radical (unpaired) electrons. The monoisotopic (exact) mass is 380 g/mol. The van der Waals surface area contributed by atoms with E-state index in [9.17, 15) is 9.59 Å². The van der Waals surface area contributed by atoms with Gasteiger partial charge in [-0.05, 0) is 54.2 Å². The third kappa shape index (κ3) is 4.76. The molecule has 116 valence electrons. The fourth-order valence-electron chi connectivity index (χ4n) is 2.09. The van der Waals surface area contributed by atoms with Crippen molar-refractivity contribution < 1.29 is 9.59 Å². The lowest BCUT2D eigenvalue weighted by Crippen LogP contribution is -2.30. The van der Waals surface area contributed by atoms with Crippen LogP contribution in [0.25, 0.3) is 0 Å². The van der Waals surface area contributed by atoms with Crippen molar-refractivity contribution >= 4 is 44.6 Å². The van der Waals surface area contributed by atoms with Gasteiger partial charge in [-0.15, -0.1) is 11.3 Å². The number of nitrogens with zero attached hydrogens (tertiary/aromatic N) is 1. The molecule has 1 aromatic heterocycles. The van der Waals surface area contributed by atoms with Crippen molar-refractivity contribution in [3.05, 3.63) is 50.6 Å². The number of likely N-dealkylation sites (N-methyl/N-ethyl adjacent to an activating group) is 1. The van der Waals surface area contributed by atoms with E-state index in [1.54, 1.807) is 35.6 Å².